The van der Waals surface area contributed by atoms with Crippen molar-refractivity contribution in [1.29, 1.82) is 0 Å². The van der Waals surface area contributed by atoms with E-state index in [9.17, 15) is 4.79 Å². The third kappa shape index (κ3) is 7.61. The third-order valence-electron chi connectivity index (χ3n) is 4.08. The number of amides is 1. The van der Waals surface area contributed by atoms with Crippen molar-refractivity contribution >= 4 is 51.4 Å². The second kappa shape index (κ2) is 11.8. The largest absolute Gasteiger partial charge is 0.493 e. The van der Waals surface area contributed by atoms with Gasteiger partial charge in [-0.05, 0) is 65.7 Å². The molecule has 0 aliphatic rings. The van der Waals surface area contributed by atoms with Crippen LogP contribution in [0.5, 0.6) is 11.5 Å². The van der Waals surface area contributed by atoms with E-state index in [1.807, 2.05) is 48.5 Å². The molecule has 0 radical (unpaired) electrons. The van der Waals surface area contributed by atoms with E-state index in [1.165, 1.54) is 11.8 Å². The molecule has 0 heterocycles. The second-order valence-electron chi connectivity index (χ2n) is 6.36. The summed E-state index contributed by atoms with van der Waals surface area (Å²) in [6.45, 7) is 0.429. The molecule has 5 nitrogen and oxygen atoms in total. The van der Waals surface area contributed by atoms with Crippen LogP contribution in [0.1, 0.15) is 11.1 Å². The molecule has 3 aromatic rings. The number of rotatable bonds is 9. The van der Waals surface area contributed by atoms with Crippen molar-refractivity contribution in [2.45, 2.75) is 11.5 Å². The summed E-state index contributed by atoms with van der Waals surface area (Å²) in [5, 5.41) is 4.68. The molecule has 8 heteroatoms. The van der Waals surface area contributed by atoms with Crippen molar-refractivity contribution in [2.24, 2.45) is 5.10 Å². The fraction of sp³-hybridized carbons (Fsp3) is 0.130. The average Bonchev–Trinajstić information content (AvgIpc) is 2.78. The lowest BCUT2D eigenvalue weighted by atomic mass is 10.2. The first-order valence-electron chi connectivity index (χ1n) is 9.29. The molecule has 0 aliphatic heterocycles. The summed E-state index contributed by atoms with van der Waals surface area (Å²) in [6.07, 6.45) is 1.56. The third-order valence-corrected chi connectivity index (χ3v) is 5.87. The number of hydrazone groups is 1. The molecule has 3 aromatic carbocycles. The van der Waals surface area contributed by atoms with Crippen molar-refractivity contribution < 1.29 is 14.3 Å². The number of methoxy groups -OCH3 is 1. The van der Waals surface area contributed by atoms with E-state index in [1.54, 1.807) is 31.5 Å². The Bertz CT molecular complexity index is 1040. The van der Waals surface area contributed by atoms with Crippen LogP contribution in [0.15, 0.2) is 81.2 Å². The lowest BCUT2D eigenvalue weighted by molar-refractivity contribution is -0.118. The lowest BCUT2D eigenvalue weighted by Crippen LogP contribution is -2.19. The Morgan fingerprint density at radius 2 is 1.84 bits per heavy atom. The maximum atomic E-state index is 12.0. The summed E-state index contributed by atoms with van der Waals surface area (Å²) in [5.41, 5.74) is 4.35. The van der Waals surface area contributed by atoms with Gasteiger partial charge < -0.3 is 9.47 Å². The Balaban J connectivity index is 1.51. The highest BCUT2D eigenvalue weighted by Gasteiger charge is 2.06. The topological polar surface area (TPSA) is 59.9 Å². The molecule has 0 atom stereocenters. The van der Waals surface area contributed by atoms with Gasteiger partial charge in [0.05, 0.1) is 19.1 Å². The number of nitrogens with one attached hydrogen (secondary N) is 1. The van der Waals surface area contributed by atoms with E-state index in [2.05, 4.69) is 26.5 Å². The first kappa shape index (κ1) is 23.2. The standard InChI is InChI=1S/C23H20BrClN2O3S/c1-29-22-12-17(4-11-21(22)30-14-16-2-5-18(24)6-3-16)13-26-27-23(28)15-31-20-9-7-19(25)8-10-20/h2-13H,14-15H2,1H3,(H,27,28). The highest BCUT2D eigenvalue weighted by Crippen LogP contribution is 2.28. The van der Waals surface area contributed by atoms with Gasteiger partial charge in [-0.3, -0.25) is 4.79 Å². The zero-order valence-corrected chi connectivity index (χ0v) is 19.8. The predicted molar refractivity (Wildman–Crippen MR) is 129 cm³/mol. The fourth-order valence-electron chi connectivity index (χ4n) is 2.52. The van der Waals surface area contributed by atoms with E-state index in [-0.39, 0.29) is 11.7 Å². The molecular formula is C23H20BrClN2O3S. The average molecular weight is 520 g/mol. The van der Waals surface area contributed by atoms with Crippen molar-refractivity contribution in [2.75, 3.05) is 12.9 Å². The second-order valence-corrected chi connectivity index (χ2v) is 8.76. The van der Waals surface area contributed by atoms with Crippen LogP contribution >= 0.6 is 39.3 Å². The van der Waals surface area contributed by atoms with E-state index in [0.717, 1.165) is 20.5 Å². The first-order chi connectivity index (χ1) is 15.0. The minimum absolute atomic E-state index is 0.197. The molecule has 0 saturated heterocycles. The molecule has 3 rings (SSSR count). The summed E-state index contributed by atoms with van der Waals surface area (Å²) in [5.74, 6) is 1.28. The number of ether oxygens (including phenoxy) is 2. The number of hydrogen-bond donors (Lipinski definition) is 1. The number of carbonyl (C=O) groups excluding carboxylic acids is 1. The molecule has 0 spiro atoms. The van der Waals surface area contributed by atoms with E-state index < -0.39 is 0 Å². The Morgan fingerprint density at radius 3 is 2.55 bits per heavy atom. The van der Waals surface area contributed by atoms with Crippen molar-refractivity contribution in [3.8, 4) is 11.5 Å². The highest BCUT2D eigenvalue weighted by atomic mass is 79.9. The quantitative estimate of drug-likeness (QED) is 0.216. The number of hydrogen-bond acceptors (Lipinski definition) is 5. The highest BCUT2D eigenvalue weighted by molar-refractivity contribution is 9.10. The van der Waals surface area contributed by atoms with Crippen molar-refractivity contribution in [3.05, 3.63) is 87.4 Å². The molecule has 1 N–H and O–H groups in total. The van der Waals surface area contributed by atoms with Gasteiger partial charge in [-0.25, -0.2) is 5.43 Å². The Kier molecular flexibility index (Phi) is 8.82. The number of halogens is 2. The minimum atomic E-state index is -0.197. The molecule has 0 aromatic heterocycles. The predicted octanol–water partition coefficient (Wildman–Crippen LogP) is 5.93. The summed E-state index contributed by atoms with van der Waals surface area (Å²) < 4.78 is 12.3. The molecule has 0 aliphatic carbocycles. The maximum Gasteiger partial charge on any atom is 0.250 e. The fourth-order valence-corrected chi connectivity index (χ4v) is 3.60. The van der Waals surface area contributed by atoms with E-state index >= 15 is 0 Å². The molecule has 0 bridgehead atoms. The Hall–Kier alpha value is -2.48. The van der Waals surface area contributed by atoms with Crippen LogP contribution in [-0.4, -0.2) is 25.0 Å². The van der Waals surface area contributed by atoms with Gasteiger partial charge in [0.1, 0.15) is 6.61 Å². The van der Waals surface area contributed by atoms with Crippen molar-refractivity contribution in [3.63, 3.8) is 0 Å². The zero-order chi connectivity index (χ0) is 22.1. The number of benzene rings is 3. The molecule has 31 heavy (non-hydrogen) atoms. The molecule has 0 fully saturated rings. The van der Waals surface area contributed by atoms with Crippen molar-refractivity contribution in [1.82, 2.24) is 5.43 Å². The van der Waals surface area contributed by atoms with Crippen LogP contribution < -0.4 is 14.9 Å². The molecule has 160 valence electrons. The summed E-state index contributed by atoms with van der Waals surface area (Å²) >= 11 is 10.7. The van der Waals surface area contributed by atoms with Gasteiger partial charge in [0.15, 0.2) is 11.5 Å². The normalized spacial score (nSPS) is 10.8. The van der Waals surface area contributed by atoms with E-state index in [4.69, 9.17) is 21.1 Å². The Labute approximate surface area is 198 Å². The maximum absolute atomic E-state index is 12.0. The summed E-state index contributed by atoms with van der Waals surface area (Å²) in [7, 11) is 1.58. The summed E-state index contributed by atoms with van der Waals surface area (Å²) in [4.78, 5) is 12.9. The number of thioether (sulfide) groups is 1. The van der Waals surface area contributed by atoms with Crippen LogP contribution in [0.3, 0.4) is 0 Å². The minimum Gasteiger partial charge on any atom is -0.493 e. The van der Waals surface area contributed by atoms with Gasteiger partial charge in [-0.1, -0.05) is 39.7 Å². The van der Waals surface area contributed by atoms with Crippen LogP contribution in [0.2, 0.25) is 5.02 Å². The van der Waals surface area contributed by atoms with Crippen LogP contribution in [0, 0.1) is 0 Å². The molecule has 1 amide bonds. The van der Waals surface area contributed by atoms with Gasteiger partial charge in [0, 0.05) is 14.4 Å². The van der Waals surface area contributed by atoms with Gasteiger partial charge in [0.25, 0.3) is 0 Å². The number of carbonyl (C=O) groups is 1. The Morgan fingerprint density at radius 1 is 1.10 bits per heavy atom. The smallest absolute Gasteiger partial charge is 0.250 e. The van der Waals surface area contributed by atoms with Gasteiger partial charge in [0.2, 0.25) is 5.91 Å². The number of nitrogens with zero attached hydrogens (tertiary/aromatic N) is 1. The van der Waals surface area contributed by atoms with Crippen LogP contribution in [-0.2, 0) is 11.4 Å². The van der Waals surface area contributed by atoms with Gasteiger partial charge >= 0.3 is 0 Å². The molecular weight excluding hydrogens is 500 g/mol. The van der Waals surface area contributed by atoms with E-state index in [0.29, 0.717) is 23.1 Å². The molecule has 0 unspecified atom stereocenters. The summed E-state index contributed by atoms with van der Waals surface area (Å²) in [6, 6.07) is 20.7. The van der Waals surface area contributed by atoms with Gasteiger partial charge in [-0.2, -0.15) is 5.10 Å². The molecule has 0 saturated carbocycles. The van der Waals surface area contributed by atoms with Gasteiger partial charge in [-0.15, -0.1) is 11.8 Å². The zero-order valence-electron chi connectivity index (χ0n) is 16.7. The SMILES string of the molecule is COc1cc(C=NNC(=O)CSc2ccc(Cl)cc2)ccc1OCc1ccc(Br)cc1. The first-order valence-corrected chi connectivity index (χ1v) is 11.4. The monoisotopic (exact) mass is 518 g/mol. The lowest BCUT2D eigenvalue weighted by Gasteiger charge is -2.11. The van der Waals surface area contributed by atoms with Crippen LogP contribution in [0.25, 0.3) is 0 Å². The van der Waals surface area contributed by atoms with Crippen LogP contribution in [0.4, 0.5) is 0 Å².